The number of hydrazone groups is 2. The molecule has 2 amide bonds. The highest BCUT2D eigenvalue weighted by Gasteiger charge is 2.08. The molecule has 0 aliphatic heterocycles. The maximum atomic E-state index is 12.5. The van der Waals surface area contributed by atoms with Crippen LogP contribution in [0.2, 0.25) is 0 Å². The third-order valence-electron chi connectivity index (χ3n) is 6.61. The lowest BCUT2D eigenvalue weighted by atomic mass is 10.0. The Morgan fingerprint density at radius 3 is 1.38 bits per heavy atom. The van der Waals surface area contributed by atoms with Crippen LogP contribution in [0, 0.1) is 0 Å². The van der Waals surface area contributed by atoms with Crippen LogP contribution in [0.5, 0.6) is 0 Å². The number of hydrogen-bond donors (Lipinski definition) is 4. The van der Waals surface area contributed by atoms with Gasteiger partial charge in [0, 0.05) is 56.5 Å². The van der Waals surface area contributed by atoms with Gasteiger partial charge in [0.25, 0.3) is 11.8 Å². The van der Waals surface area contributed by atoms with E-state index in [0.29, 0.717) is 11.1 Å². The fourth-order valence-corrected chi connectivity index (χ4v) is 4.48. The molecular formula is C32H24N6O2. The number of amides is 2. The van der Waals surface area contributed by atoms with Crippen molar-refractivity contribution in [2.75, 3.05) is 0 Å². The second-order valence-corrected chi connectivity index (χ2v) is 9.13. The van der Waals surface area contributed by atoms with E-state index in [-0.39, 0.29) is 11.8 Å². The zero-order chi connectivity index (χ0) is 27.3. The van der Waals surface area contributed by atoms with Crippen LogP contribution >= 0.6 is 0 Å². The van der Waals surface area contributed by atoms with Crippen molar-refractivity contribution in [3.8, 4) is 11.1 Å². The summed E-state index contributed by atoms with van der Waals surface area (Å²) in [6, 6.07) is 30.2. The molecule has 6 rings (SSSR count). The van der Waals surface area contributed by atoms with Gasteiger partial charge in [0.1, 0.15) is 0 Å². The minimum absolute atomic E-state index is 0.303. The minimum atomic E-state index is -0.303. The Hall–Kier alpha value is -5.76. The maximum Gasteiger partial charge on any atom is 0.271 e. The SMILES string of the molecule is O=C(N/N=C/c1c[nH]c2ccccc12)c1ccc(-c2ccc(C(=O)N/N=C/c3c[nH]c4ccccc34)cc2)cc1. The topological polar surface area (TPSA) is 114 Å². The molecule has 4 N–H and O–H groups in total. The first-order chi connectivity index (χ1) is 19.7. The summed E-state index contributed by atoms with van der Waals surface area (Å²) in [6.07, 6.45) is 6.94. The van der Waals surface area contributed by atoms with Crippen LogP contribution in [0.1, 0.15) is 31.8 Å². The number of rotatable bonds is 7. The van der Waals surface area contributed by atoms with Crippen molar-refractivity contribution >= 4 is 46.0 Å². The number of fused-ring (bicyclic) bond motifs is 2. The summed E-state index contributed by atoms with van der Waals surface area (Å²) in [4.78, 5) is 31.4. The Bertz CT molecular complexity index is 1740. The van der Waals surface area contributed by atoms with Crippen LogP contribution in [0.3, 0.4) is 0 Å². The van der Waals surface area contributed by atoms with E-state index in [1.54, 1.807) is 36.7 Å². The molecule has 0 aliphatic rings. The highest BCUT2D eigenvalue weighted by Crippen LogP contribution is 2.21. The molecule has 0 spiro atoms. The summed E-state index contributed by atoms with van der Waals surface area (Å²) in [6.45, 7) is 0. The summed E-state index contributed by atoms with van der Waals surface area (Å²) in [5.74, 6) is -0.606. The third kappa shape index (κ3) is 5.14. The standard InChI is InChI=1S/C32H24N6O2/c39-31(37-35-19-25-17-33-29-7-3-1-5-27(25)29)23-13-9-21(10-14-23)22-11-15-24(16-12-22)32(40)38-36-20-26-18-34-30-8-4-2-6-28(26)30/h1-20,33-34H,(H,37,39)(H,38,40)/b35-19+,36-20+. The van der Waals surface area contributed by atoms with E-state index in [4.69, 9.17) is 0 Å². The lowest BCUT2D eigenvalue weighted by Crippen LogP contribution is -2.17. The number of nitrogens with one attached hydrogen (secondary N) is 4. The van der Waals surface area contributed by atoms with Crippen LogP contribution in [-0.2, 0) is 0 Å². The molecule has 0 fully saturated rings. The van der Waals surface area contributed by atoms with E-state index in [0.717, 1.165) is 44.1 Å². The van der Waals surface area contributed by atoms with Crippen LogP contribution in [0.15, 0.2) is 120 Å². The van der Waals surface area contributed by atoms with Crippen LogP contribution in [0.25, 0.3) is 32.9 Å². The molecular weight excluding hydrogens is 500 g/mol. The number of carbonyl (C=O) groups excluding carboxylic acids is 2. The molecule has 40 heavy (non-hydrogen) atoms. The van der Waals surface area contributed by atoms with E-state index in [1.807, 2.05) is 85.2 Å². The molecule has 2 heterocycles. The molecule has 0 unspecified atom stereocenters. The highest BCUT2D eigenvalue weighted by molar-refractivity contribution is 6.01. The van der Waals surface area contributed by atoms with Crippen molar-refractivity contribution in [2.24, 2.45) is 10.2 Å². The first-order valence-corrected chi connectivity index (χ1v) is 12.7. The van der Waals surface area contributed by atoms with E-state index in [9.17, 15) is 9.59 Å². The van der Waals surface area contributed by atoms with Gasteiger partial charge in [-0.2, -0.15) is 10.2 Å². The predicted octanol–water partition coefficient (Wildman–Crippen LogP) is 5.84. The van der Waals surface area contributed by atoms with Crippen LogP contribution in [0.4, 0.5) is 0 Å². The normalized spacial score (nSPS) is 11.5. The van der Waals surface area contributed by atoms with Crippen molar-refractivity contribution < 1.29 is 9.59 Å². The second-order valence-electron chi connectivity index (χ2n) is 9.13. The summed E-state index contributed by atoms with van der Waals surface area (Å²) < 4.78 is 0. The molecule has 194 valence electrons. The second kappa shape index (κ2) is 10.9. The maximum absolute atomic E-state index is 12.5. The molecule has 0 radical (unpaired) electrons. The van der Waals surface area contributed by atoms with Crippen LogP contribution < -0.4 is 10.9 Å². The van der Waals surface area contributed by atoms with Gasteiger partial charge in [-0.15, -0.1) is 0 Å². The number of benzene rings is 4. The van der Waals surface area contributed by atoms with Crippen LogP contribution in [-0.4, -0.2) is 34.2 Å². The molecule has 2 aromatic heterocycles. The molecule has 8 nitrogen and oxygen atoms in total. The number of carbonyl (C=O) groups is 2. The Kier molecular flexibility index (Phi) is 6.71. The zero-order valence-electron chi connectivity index (χ0n) is 21.3. The minimum Gasteiger partial charge on any atom is -0.361 e. The lowest BCUT2D eigenvalue weighted by Gasteiger charge is -2.05. The van der Waals surface area contributed by atoms with Gasteiger partial charge in [-0.3, -0.25) is 9.59 Å². The summed E-state index contributed by atoms with van der Waals surface area (Å²) in [5, 5.41) is 10.3. The van der Waals surface area contributed by atoms with Crippen molar-refractivity contribution in [2.45, 2.75) is 0 Å². The smallest absolute Gasteiger partial charge is 0.271 e. The quantitative estimate of drug-likeness (QED) is 0.155. The Morgan fingerprint density at radius 2 is 0.950 bits per heavy atom. The average Bonchev–Trinajstić information content (AvgIpc) is 3.61. The van der Waals surface area contributed by atoms with Gasteiger partial charge in [0.15, 0.2) is 0 Å². The average molecular weight is 525 g/mol. The molecule has 0 bridgehead atoms. The Balaban J connectivity index is 1.05. The largest absolute Gasteiger partial charge is 0.361 e. The molecule has 8 heteroatoms. The van der Waals surface area contributed by atoms with Gasteiger partial charge in [0.2, 0.25) is 0 Å². The van der Waals surface area contributed by atoms with Gasteiger partial charge < -0.3 is 9.97 Å². The fraction of sp³-hybridized carbons (Fsp3) is 0. The molecule has 6 aromatic rings. The van der Waals surface area contributed by atoms with Crippen molar-refractivity contribution in [3.05, 3.63) is 132 Å². The van der Waals surface area contributed by atoms with Gasteiger partial charge in [-0.25, -0.2) is 10.9 Å². The molecule has 0 saturated heterocycles. The Morgan fingerprint density at radius 1 is 0.550 bits per heavy atom. The number of aromatic amines is 2. The summed E-state index contributed by atoms with van der Waals surface area (Å²) >= 11 is 0. The van der Waals surface area contributed by atoms with E-state index in [2.05, 4.69) is 31.0 Å². The number of hydrogen-bond acceptors (Lipinski definition) is 4. The van der Waals surface area contributed by atoms with Crippen molar-refractivity contribution in [1.82, 2.24) is 20.8 Å². The Labute approximate surface area is 229 Å². The van der Waals surface area contributed by atoms with E-state index >= 15 is 0 Å². The monoisotopic (exact) mass is 524 g/mol. The number of nitrogens with zero attached hydrogens (tertiary/aromatic N) is 2. The summed E-state index contributed by atoms with van der Waals surface area (Å²) in [5.41, 5.74) is 11.8. The molecule has 0 aliphatic carbocycles. The van der Waals surface area contributed by atoms with E-state index in [1.165, 1.54) is 0 Å². The first-order valence-electron chi connectivity index (χ1n) is 12.7. The zero-order valence-corrected chi connectivity index (χ0v) is 21.3. The first kappa shape index (κ1) is 24.6. The number of H-pyrrole nitrogens is 2. The van der Waals surface area contributed by atoms with Gasteiger partial charge in [-0.1, -0.05) is 60.7 Å². The summed E-state index contributed by atoms with van der Waals surface area (Å²) in [7, 11) is 0. The predicted molar refractivity (Wildman–Crippen MR) is 159 cm³/mol. The molecule has 0 saturated carbocycles. The molecule has 0 atom stereocenters. The van der Waals surface area contributed by atoms with Gasteiger partial charge in [0.05, 0.1) is 12.4 Å². The van der Waals surface area contributed by atoms with Gasteiger partial charge >= 0.3 is 0 Å². The van der Waals surface area contributed by atoms with E-state index < -0.39 is 0 Å². The van der Waals surface area contributed by atoms with Crippen molar-refractivity contribution in [3.63, 3.8) is 0 Å². The lowest BCUT2D eigenvalue weighted by molar-refractivity contribution is 0.0947. The highest BCUT2D eigenvalue weighted by atomic mass is 16.2. The van der Waals surface area contributed by atoms with Gasteiger partial charge in [-0.05, 0) is 47.5 Å². The fourth-order valence-electron chi connectivity index (χ4n) is 4.48. The third-order valence-corrected chi connectivity index (χ3v) is 6.61. The van der Waals surface area contributed by atoms with Crippen molar-refractivity contribution in [1.29, 1.82) is 0 Å². The molecule has 4 aromatic carbocycles. The number of aromatic nitrogens is 2. The number of para-hydroxylation sites is 2.